The van der Waals surface area contributed by atoms with Crippen LogP contribution in [0.2, 0.25) is 0 Å². The van der Waals surface area contributed by atoms with Gasteiger partial charge in [-0.3, -0.25) is 0 Å². The zero-order chi connectivity index (χ0) is 27.1. The minimum absolute atomic E-state index is 0.174. The Kier molecular flexibility index (Phi) is 6.03. The average Bonchev–Trinajstić information content (AvgIpc) is 3.30. The summed E-state index contributed by atoms with van der Waals surface area (Å²) < 4.78 is 84.3. The summed E-state index contributed by atoms with van der Waals surface area (Å²) in [6.45, 7) is 0. The molecule has 0 radical (unpaired) electrons. The molecule has 0 bridgehead atoms. The van der Waals surface area contributed by atoms with Gasteiger partial charge in [0, 0.05) is 17.2 Å². The van der Waals surface area contributed by atoms with Crippen LogP contribution in [0, 0.1) is 0 Å². The molecule has 0 spiro atoms. The topological polar surface area (TPSA) is 99.1 Å². The van der Waals surface area contributed by atoms with E-state index in [9.17, 15) is 31.5 Å². The highest BCUT2D eigenvalue weighted by Crippen LogP contribution is 2.53. The second-order valence-electron chi connectivity index (χ2n) is 8.19. The van der Waals surface area contributed by atoms with Crippen molar-refractivity contribution in [1.29, 1.82) is 0 Å². The molecule has 5 rings (SSSR count). The zero-order valence-electron chi connectivity index (χ0n) is 19.2. The number of rotatable bonds is 6. The van der Waals surface area contributed by atoms with Crippen molar-refractivity contribution in [2.75, 3.05) is 0 Å². The number of aromatic carboxylic acids is 1. The van der Waals surface area contributed by atoms with Gasteiger partial charge in [-0.15, -0.1) is 0 Å². The number of benzene rings is 4. The van der Waals surface area contributed by atoms with Gasteiger partial charge in [-0.1, -0.05) is 72.8 Å². The van der Waals surface area contributed by atoms with Crippen LogP contribution in [0.5, 0.6) is 17.2 Å². The molecule has 0 aliphatic carbocycles. The van der Waals surface area contributed by atoms with E-state index in [1.54, 1.807) is 60.7 Å². The van der Waals surface area contributed by atoms with Gasteiger partial charge in [0.1, 0.15) is 4.90 Å². The molecule has 4 aromatic carbocycles. The zero-order valence-corrected chi connectivity index (χ0v) is 20.0. The van der Waals surface area contributed by atoms with E-state index in [0.29, 0.717) is 17.2 Å². The van der Waals surface area contributed by atoms with Gasteiger partial charge in [0.25, 0.3) is 0 Å². The third kappa shape index (κ3) is 4.41. The van der Waals surface area contributed by atoms with E-state index in [-0.39, 0.29) is 11.5 Å². The first-order valence-corrected chi connectivity index (χ1v) is 12.4. The summed E-state index contributed by atoms with van der Waals surface area (Å²) in [5.41, 5.74) is -0.907. The number of carboxylic acid groups (broad SMARTS) is 1. The highest BCUT2D eigenvalue weighted by molar-refractivity contribution is 7.87. The molecular weight excluding hydrogens is 525 g/mol. The van der Waals surface area contributed by atoms with Crippen LogP contribution in [-0.4, -0.2) is 19.5 Å². The van der Waals surface area contributed by atoms with Crippen LogP contribution in [0.3, 0.4) is 0 Å². The van der Waals surface area contributed by atoms with Gasteiger partial charge < -0.3 is 18.8 Å². The van der Waals surface area contributed by atoms with Crippen LogP contribution in [0.1, 0.15) is 27.0 Å². The number of carboxylic acids is 1. The molecule has 0 unspecified atom stereocenters. The number of ether oxygens (including phenoxy) is 2. The number of hydrogen-bond acceptors (Lipinski definition) is 6. The highest BCUT2D eigenvalue weighted by atomic mass is 32.2. The molecule has 0 amide bonds. The molecule has 11 heteroatoms. The predicted molar refractivity (Wildman–Crippen MR) is 128 cm³/mol. The first kappa shape index (κ1) is 25.2. The second kappa shape index (κ2) is 9.10. The Morgan fingerprint density at radius 1 is 0.816 bits per heavy atom. The third-order valence-electron chi connectivity index (χ3n) is 5.74. The van der Waals surface area contributed by atoms with Gasteiger partial charge in [0.2, 0.25) is 5.75 Å². The molecular formula is C27H17F3O7S. The van der Waals surface area contributed by atoms with Gasteiger partial charge in [0.15, 0.2) is 11.5 Å². The van der Waals surface area contributed by atoms with Crippen molar-refractivity contribution in [3.63, 3.8) is 0 Å². The monoisotopic (exact) mass is 542 g/mol. The van der Waals surface area contributed by atoms with Gasteiger partial charge in [-0.2, -0.15) is 21.6 Å². The van der Waals surface area contributed by atoms with Crippen molar-refractivity contribution in [2.45, 2.75) is 16.9 Å². The Morgan fingerprint density at radius 2 is 1.37 bits per heavy atom. The van der Waals surface area contributed by atoms with Gasteiger partial charge in [-0.05, 0) is 18.2 Å². The average molecular weight is 542 g/mol. The third-order valence-corrected chi connectivity index (χ3v) is 7.03. The lowest BCUT2D eigenvalue weighted by atomic mass is 9.97. The Hall–Kier alpha value is -4.51. The minimum atomic E-state index is -5.11. The number of halogens is 3. The molecule has 7 nitrogen and oxygen atoms in total. The summed E-state index contributed by atoms with van der Waals surface area (Å²) in [7, 11) is -5.11. The minimum Gasteiger partial charge on any atom is -0.478 e. The molecule has 1 aliphatic rings. The molecule has 0 atom stereocenters. The predicted octanol–water partition coefficient (Wildman–Crippen LogP) is 5.84. The number of carbonyl (C=O) groups is 1. The maximum absolute atomic E-state index is 13.5. The number of alkyl halides is 3. The molecule has 1 heterocycles. The Bertz CT molecular complexity index is 1580. The van der Waals surface area contributed by atoms with E-state index in [2.05, 4.69) is 0 Å². The van der Waals surface area contributed by atoms with Crippen molar-refractivity contribution in [3.05, 3.63) is 119 Å². The van der Waals surface area contributed by atoms with Crippen LogP contribution in [0.25, 0.3) is 0 Å². The van der Waals surface area contributed by atoms with Crippen molar-refractivity contribution in [2.24, 2.45) is 0 Å². The fourth-order valence-electron chi connectivity index (χ4n) is 4.06. The summed E-state index contributed by atoms with van der Waals surface area (Å²) in [6, 6.07) is 22.6. The quantitative estimate of drug-likeness (QED) is 0.306. The van der Waals surface area contributed by atoms with Crippen molar-refractivity contribution in [1.82, 2.24) is 0 Å². The fourth-order valence-corrected chi connectivity index (χ4v) is 5.21. The van der Waals surface area contributed by atoms with E-state index in [1.165, 1.54) is 0 Å². The smallest absolute Gasteiger partial charge is 0.417 e. The molecule has 0 saturated heterocycles. The van der Waals surface area contributed by atoms with Crippen molar-refractivity contribution >= 4 is 16.1 Å². The maximum atomic E-state index is 13.5. The van der Waals surface area contributed by atoms with E-state index in [1.807, 2.05) is 0 Å². The van der Waals surface area contributed by atoms with E-state index < -0.39 is 49.8 Å². The van der Waals surface area contributed by atoms with Gasteiger partial charge >= 0.3 is 28.1 Å². The van der Waals surface area contributed by atoms with Gasteiger partial charge in [0.05, 0.1) is 11.1 Å². The summed E-state index contributed by atoms with van der Waals surface area (Å²) >= 11 is 0. The number of fused-ring (bicyclic) bond motifs is 1. The lowest BCUT2D eigenvalue weighted by Crippen LogP contribution is -2.36. The van der Waals surface area contributed by atoms with E-state index >= 15 is 0 Å². The normalized spacial score (nSPS) is 14.2. The lowest BCUT2D eigenvalue weighted by molar-refractivity contribution is -0.139. The molecule has 0 aromatic heterocycles. The fraction of sp³-hybridized carbons (Fsp3) is 0.0741. The lowest BCUT2D eigenvalue weighted by Gasteiger charge is -2.28. The number of hydrogen-bond donors (Lipinski definition) is 1. The largest absolute Gasteiger partial charge is 0.478 e. The Labute approximate surface area is 214 Å². The molecule has 1 N–H and O–H groups in total. The first-order chi connectivity index (χ1) is 18.0. The highest BCUT2D eigenvalue weighted by Gasteiger charge is 2.48. The maximum Gasteiger partial charge on any atom is 0.417 e. The first-order valence-electron chi connectivity index (χ1n) is 11.0. The Balaban J connectivity index is 1.66. The molecule has 4 aromatic rings. The standard InChI is InChI=1S/C27H17F3O7S/c28-27(29,30)20-13-7-8-14-23(20)38(33,34)37-22-16-17(25(31)32)15-21-24(22)36-26(35-21,18-9-3-1-4-10-18)19-11-5-2-6-12-19/h1-16H,(H,31,32). The van der Waals surface area contributed by atoms with Crippen molar-refractivity contribution in [3.8, 4) is 17.2 Å². The van der Waals surface area contributed by atoms with Crippen molar-refractivity contribution < 1.29 is 45.1 Å². The molecule has 0 saturated carbocycles. The second-order valence-corrected chi connectivity index (χ2v) is 9.71. The van der Waals surface area contributed by atoms with Crippen LogP contribution < -0.4 is 13.7 Å². The van der Waals surface area contributed by atoms with E-state index in [4.69, 9.17) is 13.7 Å². The van der Waals surface area contributed by atoms with Crippen LogP contribution in [0.4, 0.5) is 13.2 Å². The van der Waals surface area contributed by atoms with Crippen LogP contribution >= 0.6 is 0 Å². The summed E-state index contributed by atoms with van der Waals surface area (Å²) in [6.07, 6.45) is -4.99. The molecule has 0 fully saturated rings. The SMILES string of the molecule is O=C(O)c1cc2c(c(OS(=O)(=O)c3ccccc3C(F)(F)F)c1)OC(c1ccccc1)(c1ccccc1)O2. The molecule has 38 heavy (non-hydrogen) atoms. The molecule has 1 aliphatic heterocycles. The summed E-state index contributed by atoms with van der Waals surface area (Å²) in [5, 5.41) is 9.62. The summed E-state index contributed by atoms with van der Waals surface area (Å²) in [4.78, 5) is 10.7. The van der Waals surface area contributed by atoms with E-state index in [0.717, 1.165) is 30.3 Å². The summed E-state index contributed by atoms with van der Waals surface area (Å²) in [5.74, 6) is -4.24. The van der Waals surface area contributed by atoms with Crippen LogP contribution in [-0.2, 0) is 22.1 Å². The van der Waals surface area contributed by atoms with Crippen LogP contribution in [0.15, 0.2) is 102 Å². The molecule has 194 valence electrons. The van der Waals surface area contributed by atoms with Gasteiger partial charge in [-0.25, -0.2) is 4.79 Å². The Morgan fingerprint density at radius 3 is 1.92 bits per heavy atom.